The number of thioether (sulfide) groups is 1. The molecule has 0 radical (unpaired) electrons. The first-order valence-corrected chi connectivity index (χ1v) is 11.9. The molecule has 168 valence electrons. The molecule has 1 aliphatic heterocycles. The number of carbonyl (C=O) groups excluding carboxylic acids is 1. The number of ether oxygens (including phenoxy) is 1. The second kappa shape index (κ2) is 10.7. The number of hydrogen-bond donors (Lipinski definition) is 0. The van der Waals surface area contributed by atoms with Gasteiger partial charge >= 0.3 is 0 Å². The number of hydrogen-bond acceptors (Lipinski definition) is 6. The van der Waals surface area contributed by atoms with E-state index in [9.17, 15) is 4.79 Å². The molecule has 6 nitrogen and oxygen atoms in total. The third kappa shape index (κ3) is 5.64. The van der Waals surface area contributed by atoms with Crippen LogP contribution in [0, 0.1) is 0 Å². The van der Waals surface area contributed by atoms with Crippen molar-refractivity contribution in [3.8, 4) is 17.1 Å². The van der Waals surface area contributed by atoms with Crippen LogP contribution in [-0.4, -0.2) is 41.1 Å². The first-order chi connectivity index (χ1) is 16.1. The molecule has 0 spiro atoms. The average Bonchev–Trinajstić information content (AvgIpc) is 3.41. The summed E-state index contributed by atoms with van der Waals surface area (Å²) in [7, 11) is 1.63. The van der Waals surface area contributed by atoms with Gasteiger partial charge in [-0.3, -0.25) is 9.69 Å². The Balaban J connectivity index is 1.46. The van der Waals surface area contributed by atoms with E-state index in [1.165, 1.54) is 11.8 Å². The van der Waals surface area contributed by atoms with Crippen molar-refractivity contribution in [1.29, 1.82) is 0 Å². The molecule has 0 N–H and O–H groups in total. The monoisotopic (exact) mass is 523 g/mol. The van der Waals surface area contributed by atoms with Crippen LogP contribution in [0.25, 0.3) is 11.3 Å². The van der Waals surface area contributed by atoms with Crippen LogP contribution in [0.15, 0.2) is 92.4 Å². The van der Waals surface area contributed by atoms with Crippen LogP contribution in [0.3, 0.4) is 0 Å². The largest absolute Gasteiger partial charge is 0.497 e. The fourth-order valence-corrected chi connectivity index (χ4v) is 4.72. The van der Waals surface area contributed by atoms with Crippen LogP contribution in [0.1, 0.15) is 11.3 Å². The third-order valence-corrected chi connectivity index (χ3v) is 6.69. The molecular formula is C25H22BrN3O3S. The highest BCUT2D eigenvalue weighted by molar-refractivity contribution is 9.10. The topological polar surface area (TPSA) is 67.4 Å². The molecule has 2 aromatic carbocycles. The zero-order valence-corrected chi connectivity index (χ0v) is 20.4. The number of rotatable bonds is 8. The molecule has 8 heteroatoms. The van der Waals surface area contributed by atoms with Gasteiger partial charge < -0.3 is 9.15 Å². The Morgan fingerprint density at radius 1 is 1.15 bits per heavy atom. The van der Waals surface area contributed by atoms with E-state index in [2.05, 4.69) is 32.7 Å². The Morgan fingerprint density at radius 2 is 1.91 bits per heavy atom. The summed E-state index contributed by atoms with van der Waals surface area (Å²) in [5.74, 6) is 2.11. The van der Waals surface area contributed by atoms with Gasteiger partial charge in [-0.25, -0.2) is 0 Å². The van der Waals surface area contributed by atoms with Gasteiger partial charge in [0.1, 0.15) is 17.3 Å². The van der Waals surface area contributed by atoms with Crippen LogP contribution in [-0.2, 0) is 11.2 Å². The fraction of sp³-hybridized carbons (Fsp3) is 0.160. The molecular weight excluding hydrogens is 502 g/mol. The van der Waals surface area contributed by atoms with E-state index in [-0.39, 0.29) is 11.2 Å². The van der Waals surface area contributed by atoms with Crippen LogP contribution < -0.4 is 4.74 Å². The zero-order valence-electron chi connectivity index (χ0n) is 18.0. The Hall–Kier alpha value is -3.10. The molecule has 1 fully saturated rings. The van der Waals surface area contributed by atoms with Crippen molar-refractivity contribution < 1.29 is 13.9 Å². The van der Waals surface area contributed by atoms with E-state index >= 15 is 0 Å². The van der Waals surface area contributed by atoms with Crippen molar-refractivity contribution in [2.24, 2.45) is 10.2 Å². The van der Waals surface area contributed by atoms with Gasteiger partial charge in [0.2, 0.25) is 5.91 Å². The first-order valence-electron chi connectivity index (χ1n) is 10.3. The number of benzene rings is 2. The summed E-state index contributed by atoms with van der Waals surface area (Å²) < 4.78 is 12.1. The van der Waals surface area contributed by atoms with E-state index in [0.717, 1.165) is 27.1 Å². The molecule has 3 aromatic rings. The average molecular weight is 524 g/mol. The maximum Gasteiger partial charge on any atom is 0.242 e. The second-order valence-corrected chi connectivity index (χ2v) is 9.32. The fourth-order valence-electron chi connectivity index (χ4n) is 3.32. The number of amides is 1. The minimum Gasteiger partial charge on any atom is -0.497 e. The molecule has 2 heterocycles. The van der Waals surface area contributed by atoms with Gasteiger partial charge in [0.15, 0.2) is 5.17 Å². The predicted octanol–water partition coefficient (Wildman–Crippen LogP) is 5.78. The summed E-state index contributed by atoms with van der Waals surface area (Å²) in [5.41, 5.74) is 2.03. The highest BCUT2D eigenvalue weighted by atomic mass is 79.9. The lowest BCUT2D eigenvalue weighted by molar-refractivity contribution is -0.125. The first kappa shape index (κ1) is 23.1. The minimum absolute atomic E-state index is 0.000177. The van der Waals surface area contributed by atoms with E-state index in [1.807, 2.05) is 60.7 Å². The zero-order chi connectivity index (χ0) is 23.2. The quantitative estimate of drug-likeness (QED) is 0.213. The molecule has 1 aromatic heterocycles. The Bertz CT molecular complexity index is 1190. The van der Waals surface area contributed by atoms with E-state index < -0.39 is 0 Å². The summed E-state index contributed by atoms with van der Waals surface area (Å²) >= 11 is 4.84. The Kier molecular flexibility index (Phi) is 7.47. The van der Waals surface area contributed by atoms with Crippen molar-refractivity contribution in [3.05, 3.63) is 89.1 Å². The van der Waals surface area contributed by atoms with E-state index in [1.54, 1.807) is 24.3 Å². The van der Waals surface area contributed by atoms with Crippen LogP contribution in [0.4, 0.5) is 0 Å². The molecule has 0 aliphatic carbocycles. The lowest BCUT2D eigenvalue weighted by Crippen LogP contribution is -2.32. The number of amidine groups is 1. The third-order valence-electron chi connectivity index (χ3n) is 5.00. The number of furan rings is 1. The number of carbonyl (C=O) groups is 1. The summed E-state index contributed by atoms with van der Waals surface area (Å²) in [6.45, 7) is 4.14. The summed E-state index contributed by atoms with van der Waals surface area (Å²) in [6, 6.07) is 19.3. The van der Waals surface area contributed by atoms with E-state index in [0.29, 0.717) is 23.9 Å². The molecule has 1 atom stereocenters. The molecule has 0 unspecified atom stereocenters. The van der Waals surface area contributed by atoms with Crippen molar-refractivity contribution in [1.82, 2.24) is 4.90 Å². The molecule has 1 saturated heterocycles. The van der Waals surface area contributed by atoms with Gasteiger partial charge in [0.05, 0.1) is 18.6 Å². The SMILES string of the molecule is C=CCN1C(=O)[C@@H](Cc2ccc(OC)cc2)S/C1=N\N=C/c1ccc(-c2ccc(Br)cc2)o1. The van der Waals surface area contributed by atoms with Crippen LogP contribution >= 0.6 is 27.7 Å². The maximum atomic E-state index is 12.9. The number of nitrogens with zero attached hydrogens (tertiary/aromatic N) is 3. The molecule has 4 rings (SSSR count). The standard InChI is InChI=1S/C25H22BrN3O3S/c1-3-14-29-24(30)23(15-17-4-10-20(31-2)11-5-17)33-25(29)28-27-16-21-12-13-22(32-21)18-6-8-19(26)9-7-18/h3-13,16,23H,1,14-15H2,2H3/b27-16-,28-25-/t23-/m1/s1. The van der Waals surface area contributed by atoms with Gasteiger partial charge in [-0.15, -0.1) is 11.7 Å². The lowest BCUT2D eigenvalue weighted by Gasteiger charge is -2.12. The second-order valence-electron chi connectivity index (χ2n) is 7.23. The van der Waals surface area contributed by atoms with E-state index in [4.69, 9.17) is 9.15 Å². The van der Waals surface area contributed by atoms with Gasteiger partial charge in [-0.2, -0.15) is 5.10 Å². The van der Waals surface area contributed by atoms with Gasteiger partial charge in [-0.05, 0) is 48.4 Å². The summed E-state index contributed by atoms with van der Waals surface area (Å²) in [4.78, 5) is 14.5. The van der Waals surface area contributed by atoms with Crippen molar-refractivity contribution in [3.63, 3.8) is 0 Å². The smallest absolute Gasteiger partial charge is 0.242 e. The normalized spacial score (nSPS) is 17.3. The molecule has 0 bridgehead atoms. The lowest BCUT2D eigenvalue weighted by atomic mass is 10.1. The van der Waals surface area contributed by atoms with Crippen molar-refractivity contribution >= 4 is 45.0 Å². The predicted molar refractivity (Wildman–Crippen MR) is 137 cm³/mol. The van der Waals surface area contributed by atoms with Crippen molar-refractivity contribution in [2.45, 2.75) is 11.7 Å². The van der Waals surface area contributed by atoms with Gasteiger partial charge in [0.25, 0.3) is 0 Å². The Morgan fingerprint density at radius 3 is 2.61 bits per heavy atom. The molecule has 1 aliphatic rings. The number of methoxy groups -OCH3 is 1. The van der Waals surface area contributed by atoms with Crippen LogP contribution in [0.2, 0.25) is 0 Å². The van der Waals surface area contributed by atoms with Crippen molar-refractivity contribution in [2.75, 3.05) is 13.7 Å². The highest BCUT2D eigenvalue weighted by Crippen LogP contribution is 2.30. The Labute approximate surface area is 205 Å². The van der Waals surface area contributed by atoms with Gasteiger partial charge in [0, 0.05) is 16.6 Å². The molecule has 33 heavy (non-hydrogen) atoms. The maximum absolute atomic E-state index is 12.9. The minimum atomic E-state index is -0.264. The molecule has 0 saturated carbocycles. The number of halogens is 1. The van der Waals surface area contributed by atoms with Gasteiger partial charge in [-0.1, -0.05) is 58.0 Å². The summed E-state index contributed by atoms with van der Waals surface area (Å²) in [6.07, 6.45) is 3.83. The summed E-state index contributed by atoms with van der Waals surface area (Å²) in [5, 5.41) is 8.76. The highest BCUT2D eigenvalue weighted by Gasteiger charge is 2.37. The van der Waals surface area contributed by atoms with Crippen LogP contribution in [0.5, 0.6) is 5.75 Å². The molecule has 1 amide bonds.